The van der Waals surface area contributed by atoms with Gasteiger partial charge in [-0.05, 0) is 64.2 Å². The number of carbonyl (C=O) groups is 1. The van der Waals surface area contributed by atoms with E-state index in [1.807, 2.05) is 0 Å². The van der Waals surface area contributed by atoms with E-state index in [9.17, 15) is 24.6 Å². The number of unbranched alkanes of at least 4 members (excludes halogenated alkanes) is 32. The van der Waals surface area contributed by atoms with Crippen LogP contribution in [-0.2, 0) is 19.0 Å². The Balaban J connectivity index is 4.00. The molecule has 0 aromatic rings. The minimum atomic E-state index is -4.63. The van der Waals surface area contributed by atoms with E-state index in [4.69, 9.17) is 14.2 Å². The first kappa shape index (κ1) is 58.3. The van der Waals surface area contributed by atoms with Crippen LogP contribution in [0.15, 0.2) is 24.3 Å². The highest BCUT2D eigenvalue weighted by Crippen LogP contribution is 2.51. The van der Waals surface area contributed by atoms with E-state index in [2.05, 4.69) is 38.2 Å². The Morgan fingerprint density at radius 3 is 1.10 bits per heavy atom. The average molecular weight is 858 g/mol. The second-order valence-corrected chi connectivity index (χ2v) is 18.9. The summed E-state index contributed by atoms with van der Waals surface area (Å²) in [6, 6.07) is 0. The molecule has 0 aliphatic carbocycles. The summed E-state index contributed by atoms with van der Waals surface area (Å²) in [5.74, 6) is -2.85. The molecular formula is C50H98O8P+. The summed E-state index contributed by atoms with van der Waals surface area (Å²) in [5.41, 5.74) is 0. The minimum Gasteiger partial charge on any atom is -0.388 e. The van der Waals surface area contributed by atoms with Crippen LogP contribution in [0.25, 0.3) is 0 Å². The van der Waals surface area contributed by atoms with Gasteiger partial charge in [0.25, 0.3) is 0 Å². The lowest BCUT2D eigenvalue weighted by molar-refractivity contribution is -0.133. The fourth-order valence-electron chi connectivity index (χ4n) is 7.49. The molecule has 1 unspecified atom stereocenters. The van der Waals surface area contributed by atoms with Crippen LogP contribution in [0.4, 0.5) is 0 Å². The van der Waals surface area contributed by atoms with Gasteiger partial charge >= 0.3 is 13.8 Å². The molecule has 0 radical (unpaired) electrons. The van der Waals surface area contributed by atoms with Gasteiger partial charge in [-0.25, -0.2) is 0 Å². The first-order valence-electron chi connectivity index (χ1n) is 25.2. The molecule has 0 bridgehead atoms. The zero-order chi connectivity index (χ0) is 43.2. The molecule has 9 heteroatoms. The third-order valence-corrected chi connectivity index (χ3v) is 12.4. The Morgan fingerprint density at radius 1 is 0.441 bits per heavy atom. The van der Waals surface area contributed by atoms with Crippen molar-refractivity contribution in [2.24, 2.45) is 0 Å². The Bertz CT molecular complexity index is 908. The number of Topliss-reactive ketones (excluding diaryl/α,β-unsaturated/α-hetero) is 1. The number of ketones is 1. The highest BCUT2D eigenvalue weighted by atomic mass is 31.2. The molecule has 0 aromatic carbocycles. The SMILES string of the molecule is CCCCCCCCC=CCCCCCCCCCCCCOC[C@H](COC(C(=O)CO)[P+](O)(O)O)OCCCCCCCCCCCCC=CCCCCCCCC. The lowest BCUT2D eigenvalue weighted by Crippen LogP contribution is -2.35. The summed E-state index contributed by atoms with van der Waals surface area (Å²) in [6.45, 7) is 4.80. The number of aliphatic hydroxyl groups is 1. The molecule has 350 valence electrons. The molecule has 0 saturated carbocycles. The van der Waals surface area contributed by atoms with Crippen LogP contribution in [0.3, 0.4) is 0 Å². The predicted molar refractivity (Wildman–Crippen MR) is 252 cm³/mol. The van der Waals surface area contributed by atoms with E-state index in [0.717, 1.165) is 25.7 Å². The van der Waals surface area contributed by atoms with E-state index >= 15 is 0 Å². The first-order chi connectivity index (χ1) is 28.9. The highest BCUT2D eigenvalue weighted by molar-refractivity contribution is 7.60. The quantitative estimate of drug-likeness (QED) is 0.0271. The maximum Gasteiger partial charge on any atom is 0.443 e. The number of hydrogen-bond donors (Lipinski definition) is 4. The molecule has 0 fully saturated rings. The molecule has 0 heterocycles. The summed E-state index contributed by atoms with van der Waals surface area (Å²) < 4.78 is 17.3. The van der Waals surface area contributed by atoms with Crippen LogP contribution >= 0.6 is 7.94 Å². The van der Waals surface area contributed by atoms with Gasteiger partial charge in [-0.2, -0.15) is 14.7 Å². The molecule has 0 saturated heterocycles. The van der Waals surface area contributed by atoms with Crippen molar-refractivity contribution in [1.82, 2.24) is 0 Å². The Kier molecular flexibility index (Phi) is 46.2. The van der Waals surface area contributed by atoms with Crippen molar-refractivity contribution in [3.8, 4) is 0 Å². The van der Waals surface area contributed by atoms with Crippen molar-refractivity contribution in [2.45, 2.75) is 257 Å². The van der Waals surface area contributed by atoms with Crippen molar-refractivity contribution in [3.63, 3.8) is 0 Å². The van der Waals surface area contributed by atoms with Crippen LogP contribution < -0.4 is 0 Å². The third-order valence-electron chi connectivity index (χ3n) is 11.3. The molecule has 0 amide bonds. The molecule has 0 aliphatic heterocycles. The average Bonchev–Trinajstić information content (AvgIpc) is 3.22. The van der Waals surface area contributed by atoms with Crippen molar-refractivity contribution < 1.29 is 38.8 Å². The zero-order valence-electron chi connectivity index (χ0n) is 38.8. The second kappa shape index (κ2) is 46.8. The Labute approximate surface area is 365 Å². The van der Waals surface area contributed by atoms with Gasteiger partial charge in [0.1, 0.15) is 12.7 Å². The number of hydrogen-bond acceptors (Lipinski definition) is 8. The van der Waals surface area contributed by atoms with E-state index in [0.29, 0.717) is 13.2 Å². The van der Waals surface area contributed by atoms with Crippen LogP contribution in [0, 0.1) is 0 Å². The lowest BCUT2D eigenvalue weighted by atomic mass is 10.1. The smallest absolute Gasteiger partial charge is 0.388 e. The topological polar surface area (TPSA) is 126 Å². The molecule has 59 heavy (non-hydrogen) atoms. The van der Waals surface area contributed by atoms with Crippen LogP contribution in [0.2, 0.25) is 0 Å². The van der Waals surface area contributed by atoms with Crippen LogP contribution in [-0.4, -0.2) is 70.6 Å². The predicted octanol–water partition coefficient (Wildman–Crippen LogP) is 14.2. The summed E-state index contributed by atoms with van der Waals surface area (Å²) >= 11 is 0. The summed E-state index contributed by atoms with van der Waals surface area (Å²) in [5, 5.41) is 9.21. The molecule has 0 rings (SSSR count). The number of ether oxygens (including phenoxy) is 3. The molecule has 0 spiro atoms. The molecule has 0 aromatic heterocycles. The van der Waals surface area contributed by atoms with Gasteiger partial charge in [-0.15, -0.1) is 0 Å². The fraction of sp³-hybridized carbons (Fsp3) is 0.900. The largest absolute Gasteiger partial charge is 0.443 e. The van der Waals surface area contributed by atoms with Gasteiger partial charge in [-0.1, -0.05) is 205 Å². The minimum absolute atomic E-state index is 0.148. The molecule has 4 N–H and O–H groups in total. The molecule has 8 nitrogen and oxygen atoms in total. The van der Waals surface area contributed by atoms with Gasteiger partial charge in [0.15, 0.2) is 0 Å². The van der Waals surface area contributed by atoms with E-state index in [1.165, 1.54) is 205 Å². The van der Waals surface area contributed by atoms with Crippen molar-refractivity contribution in [1.29, 1.82) is 0 Å². The van der Waals surface area contributed by atoms with E-state index in [1.54, 1.807) is 0 Å². The second-order valence-electron chi connectivity index (χ2n) is 17.2. The normalized spacial score (nSPS) is 13.3. The van der Waals surface area contributed by atoms with Gasteiger partial charge in [0, 0.05) is 13.2 Å². The van der Waals surface area contributed by atoms with Crippen LogP contribution in [0.1, 0.15) is 245 Å². The number of aliphatic hydroxyl groups excluding tert-OH is 1. The van der Waals surface area contributed by atoms with Gasteiger partial charge in [-0.3, -0.25) is 4.79 Å². The maximum atomic E-state index is 12.0. The Morgan fingerprint density at radius 2 is 0.763 bits per heavy atom. The standard InChI is InChI=1S/C50H98O8P/c1-3-5-7-9-11-13-15-17-19-21-23-25-27-29-31-33-35-37-39-41-43-56-46-48(47-58-50(49(52)45-51)59(53,54)55)57-44-42-40-38-36-34-32-30-28-26-24-22-20-18-16-14-12-10-8-6-4-2/h17-20,48,50-51,53-55H,3-16,21-47H2,1-2H3/q+1/t48-,50?/m1/s1. The number of rotatable bonds is 49. The molecular weight excluding hydrogens is 760 g/mol. The third kappa shape index (κ3) is 43.7. The van der Waals surface area contributed by atoms with Gasteiger partial charge < -0.3 is 19.3 Å². The Hall–Kier alpha value is -0.700. The molecule has 2 atom stereocenters. The monoisotopic (exact) mass is 858 g/mol. The number of carbonyl (C=O) groups excluding carboxylic acids is 1. The van der Waals surface area contributed by atoms with E-state index in [-0.39, 0.29) is 13.2 Å². The number of allylic oxidation sites excluding steroid dienone is 4. The zero-order valence-corrected chi connectivity index (χ0v) is 39.7. The van der Waals surface area contributed by atoms with Crippen LogP contribution in [0.5, 0.6) is 0 Å². The molecule has 0 aliphatic rings. The highest BCUT2D eigenvalue weighted by Gasteiger charge is 2.49. The fourth-order valence-corrected chi connectivity index (χ4v) is 8.24. The van der Waals surface area contributed by atoms with Gasteiger partial charge in [0.05, 0.1) is 13.2 Å². The maximum absolute atomic E-state index is 12.0. The van der Waals surface area contributed by atoms with Crippen molar-refractivity contribution >= 4 is 13.7 Å². The summed E-state index contributed by atoms with van der Waals surface area (Å²) in [4.78, 5) is 41.1. The first-order valence-corrected chi connectivity index (χ1v) is 26.9. The summed E-state index contributed by atoms with van der Waals surface area (Å²) in [7, 11) is -4.63. The lowest BCUT2D eigenvalue weighted by Gasteiger charge is -2.21. The summed E-state index contributed by atoms with van der Waals surface area (Å²) in [6.07, 6.45) is 55.2. The van der Waals surface area contributed by atoms with Gasteiger partial charge in [0.2, 0.25) is 5.78 Å². The van der Waals surface area contributed by atoms with Crippen molar-refractivity contribution in [2.75, 3.05) is 33.0 Å². The van der Waals surface area contributed by atoms with E-state index < -0.39 is 32.3 Å². The van der Waals surface area contributed by atoms with Crippen molar-refractivity contribution in [3.05, 3.63) is 24.3 Å².